The first-order valence-electron chi connectivity index (χ1n) is 9.00. The van der Waals surface area contributed by atoms with Crippen molar-refractivity contribution in [1.82, 2.24) is 14.5 Å². The molecular weight excluding hydrogens is 392 g/mol. The van der Waals surface area contributed by atoms with Crippen molar-refractivity contribution in [1.29, 1.82) is 0 Å². The van der Waals surface area contributed by atoms with Gasteiger partial charge in [-0.05, 0) is 49.2 Å². The molecule has 0 saturated heterocycles. The lowest BCUT2D eigenvalue weighted by atomic mass is 10.2. The molecule has 0 radical (unpaired) electrons. The Labute approximate surface area is 172 Å². The van der Waals surface area contributed by atoms with Crippen LogP contribution in [-0.2, 0) is 6.54 Å². The average molecular weight is 411 g/mol. The molecule has 7 heteroatoms. The van der Waals surface area contributed by atoms with E-state index in [9.17, 15) is 4.79 Å². The molecule has 2 aromatic heterocycles. The SMILES string of the molecule is Cc1ccc2nc(N(CCCn3ccnc3)C(=O)c3cccc(Cl)c3)sc2c1. The standard InChI is InChI=1S/C21H19ClN4OS/c1-15-6-7-18-19(12-15)28-21(24-18)26(10-3-9-25-11-8-23-14-25)20(27)16-4-2-5-17(22)13-16/h2,4-8,11-14H,3,9-10H2,1H3. The third-order valence-electron chi connectivity index (χ3n) is 4.44. The van der Waals surface area contributed by atoms with Crippen molar-refractivity contribution < 1.29 is 4.79 Å². The second-order valence-corrected chi connectivity index (χ2v) is 8.03. The Balaban J connectivity index is 1.63. The molecule has 28 heavy (non-hydrogen) atoms. The number of thiazole rings is 1. The third-order valence-corrected chi connectivity index (χ3v) is 5.71. The van der Waals surface area contributed by atoms with Gasteiger partial charge in [-0.25, -0.2) is 9.97 Å². The van der Waals surface area contributed by atoms with Crippen molar-refractivity contribution in [2.75, 3.05) is 11.4 Å². The molecule has 2 heterocycles. The third kappa shape index (κ3) is 4.08. The number of hydrogen-bond donors (Lipinski definition) is 0. The van der Waals surface area contributed by atoms with Crippen LogP contribution < -0.4 is 4.90 Å². The highest BCUT2D eigenvalue weighted by Crippen LogP contribution is 2.31. The number of aromatic nitrogens is 3. The summed E-state index contributed by atoms with van der Waals surface area (Å²) in [5.74, 6) is -0.0936. The van der Waals surface area contributed by atoms with Gasteiger partial charge in [0.15, 0.2) is 5.13 Å². The number of rotatable bonds is 6. The fourth-order valence-electron chi connectivity index (χ4n) is 3.03. The van der Waals surface area contributed by atoms with Crippen LogP contribution in [0.1, 0.15) is 22.3 Å². The molecule has 0 spiro atoms. The van der Waals surface area contributed by atoms with E-state index in [-0.39, 0.29) is 5.91 Å². The van der Waals surface area contributed by atoms with Crippen molar-refractivity contribution in [3.63, 3.8) is 0 Å². The number of imidazole rings is 1. The van der Waals surface area contributed by atoms with E-state index in [0.29, 0.717) is 22.3 Å². The van der Waals surface area contributed by atoms with E-state index in [0.717, 1.165) is 23.2 Å². The highest BCUT2D eigenvalue weighted by Gasteiger charge is 2.21. The molecule has 0 unspecified atom stereocenters. The van der Waals surface area contributed by atoms with E-state index >= 15 is 0 Å². The Morgan fingerprint density at radius 2 is 2.14 bits per heavy atom. The largest absolute Gasteiger partial charge is 0.337 e. The predicted octanol–water partition coefficient (Wildman–Crippen LogP) is 5.19. The number of nitrogens with zero attached hydrogens (tertiary/aromatic N) is 4. The van der Waals surface area contributed by atoms with Crippen LogP contribution in [0.5, 0.6) is 0 Å². The van der Waals surface area contributed by atoms with Gasteiger partial charge in [0.1, 0.15) is 0 Å². The molecule has 2 aromatic carbocycles. The van der Waals surface area contributed by atoms with Gasteiger partial charge in [0.25, 0.3) is 5.91 Å². The summed E-state index contributed by atoms with van der Waals surface area (Å²) in [6.45, 7) is 3.39. The Kier molecular flexibility index (Phi) is 5.41. The minimum atomic E-state index is -0.0936. The summed E-state index contributed by atoms with van der Waals surface area (Å²) >= 11 is 7.64. The number of aryl methyl sites for hydroxylation is 2. The van der Waals surface area contributed by atoms with Crippen LogP contribution in [0.4, 0.5) is 5.13 Å². The molecule has 142 valence electrons. The molecule has 0 aliphatic heterocycles. The van der Waals surface area contributed by atoms with Gasteiger partial charge in [-0.1, -0.05) is 35.1 Å². The minimum Gasteiger partial charge on any atom is -0.337 e. The molecule has 4 rings (SSSR count). The number of hydrogen-bond acceptors (Lipinski definition) is 4. The molecule has 0 N–H and O–H groups in total. The Morgan fingerprint density at radius 1 is 1.25 bits per heavy atom. The monoisotopic (exact) mass is 410 g/mol. The molecule has 4 aromatic rings. The number of amides is 1. The molecule has 0 bridgehead atoms. The van der Waals surface area contributed by atoms with Gasteiger partial charge in [0.05, 0.1) is 16.5 Å². The second kappa shape index (κ2) is 8.12. The van der Waals surface area contributed by atoms with Crippen molar-refractivity contribution >= 4 is 44.2 Å². The van der Waals surface area contributed by atoms with E-state index < -0.39 is 0 Å². The maximum Gasteiger partial charge on any atom is 0.260 e. The van der Waals surface area contributed by atoms with Crippen LogP contribution in [-0.4, -0.2) is 27.0 Å². The van der Waals surface area contributed by atoms with E-state index in [1.165, 1.54) is 16.9 Å². The summed E-state index contributed by atoms with van der Waals surface area (Å²) in [6, 6.07) is 13.2. The van der Waals surface area contributed by atoms with Crippen molar-refractivity contribution in [2.45, 2.75) is 19.9 Å². The number of benzene rings is 2. The van der Waals surface area contributed by atoms with Crippen molar-refractivity contribution in [3.05, 3.63) is 77.3 Å². The lowest BCUT2D eigenvalue weighted by molar-refractivity contribution is 0.0986. The van der Waals surface area contributed by atoms with E-state index in [1.807, 2.05) is 22.9 Å². The molecule has 5 nitrogen and oxygen atoms in total. The normalized spacial score (nSPS) is 11.1. The van der Waals surface area contributed by atoms with Crippen LogP contribution in [0.2, 0.25) is 5.02 Å². The molecule has 0 aliphatic rings. The van der Waals surface area contributed by atoms with Crippen LogP contribution in [0, 0.1) is 6.92 Å². The summed E-state index contributed by atoms with van der Waals surface area (Å²) in [6.07, 6.45) is 6.25. The Morgan fingerprint density at radius 3 is 2.93 bits per heavy atom. The lowest BCUT2D eigenvalue weighted by Crippen LogP contribution is -2.32. The number of carbonyl (C=O) groups is 1. The van der Waals surface area contributed by atoms with Gasteiger partial charge in [0, 0.05) is 36.1 Å². The second-order valence-electron chi connectivity index (χ2n) is 6.59. The number of carbonyl (C=O) groups excluding carboxylic acids is 1. The van der Waals surface area contributed by atoms with Gasteiger partial charge in [0.2, 0.25) is 0 Å². The maximum atomic E-state index is 13.2. The van der Waals surface area contributed by atoms with Crippen molar-refractivity contribution in [3.8, 4) is 0 Å². The lowest BCUT2D eigenvalue weighted by Gasteiger charge is -2.20. The maximum absolute atomic E-state index is 13.2. The number of anilines is 1. The Hall–Kier alpha value is -2.70. The summed E-state index contributed by atoms with van der Waals surface area (Å²) < 4.78 is 3.08. The number of fused-ring (bicyclic) bond motifs is 1. The van der Waals surface area contributed by atoms with Gasteiger partial charge in [-0.3, -0.25) is 9.69 Å². The quantitative estimate of drug-likeness (QED) is 0.439. The summed E-state index contributed by atoms with van der Waals surface area (Å²) in [5.41, 5.74) is 2.64. The first kappa shape index (κ1) is 18.7. The minimum absolute atomic E-state index is 0.0936. The molecule has 0 aliphatic carbocycles. The molecule has 1 amide bonds. The van der Waals surface area contributed by atoms with Gasteiger partial charge < -0.3 is 4.57 Å². The molecule has 0 fully saturated rings. The van der Waals surface area contributed by atoms with E-state index in [2.05, 4.69) is 18.0 Å². The van der Waals surface area contributed by atoms with E-state index in [4.69, 9.17) is 16.6 Å². The van der Waals surface area contributed by atoms with Crippen molar-refractivity contribution in [2.24, 2.45) is 0 Å². The first-order valence-corrected chi connectivity index (χ1v) is 10.2. The summed E-state index contributed by atoms with van der Waals surface area (Å²) in [4.78, 5) is 23.8. The first-order chi connectivity index (χ1) is 13.6. The number of halogens is 1. The van der Waals surface area contributed by atoms with Gasteiger partial charge in [-0.2, -0.15) is 0 Å². The molecule has 0 atom stereocenters. The summed E-state index contributed by atoms with van der Waals surface area (Å²) in [5, 5.41) is 1.25. The fourth-order valence-corrected chi connectivity index (χ4v) is 4.31. The zero-order valence-corrected chi connectivity index (χ0v) is 17.0. The topological polar surface area (TPSA) is 51.0 Å². The van der Waals surface area contributed by atoms with Gasteiger partial charge in [-0.15, -0.1) is 0 Å². The van der Waals surface area contributed by atoms with Crippen LogP contribution >= 0.6 is 22.9 Å². The van der Waals surface area contributed by atoms with Gasteiger partial charge >= 0.3 is 0 Å². The zero-order chi connectivity index (χ0) is 19.5. The van der Waals surface area contributed by atoms with Crippen LogP contribution in [0.25, 0.3) is 10.2 Å². The average Bonchev–Trinajstić information content (AvgIpc) is 3.34. The molecule has 0 saturated carbocycles. The zero-order valence-electron chi connectivity index (χ0n) is 15.4. The fraction of sp³-hybridized carbons (Fsp3) is 0.190. The highest BCUT2D eigenvalue weighted by atomic mass is 35.5. The highest BCUT2D eigenvalue weighted by molar-refractivity contribution is 7.22. The smallest absolute Gasteiger partial charge is 0.260 e. The van der Waals surface area contributed by atoms with E-state index in [1.54, 1.807) is 41.7 Å². The van der Waals surface area contributed by atoms with Crippen LogP contribution in [0.15, 0.2) is 61.2 Å². The molecular formula is C21H19ClN4OS. The predicted molar refractivity (Wildman–Crippen MR) is 114 cm³/mol. The summed E-state index contributed by atoms with van der Waals surface area (Å²) in [7, 11) is 0. The van der Waals surface area contributed by atoms with Crippen LogP contribution in [0.3, 0.4) is 0 Å². The Bertz CT molecular complexity index is 1110.